The highest BCUT2D eigenvalue weighted by Crippen LogP contribution is 2.36. The Morgan fingerprint density at radius 1 is 1.12 bits per heavy atom. The van der Waals surface area contributed by atoms with Crippen LogP contribution in [0.15, 0.2) is 24.3 Å². The minimum absolute atomic E-state index is 0.0231. The van der Waals surface area contributed by atoms with Gasteiger partial charge in [-0.15, -0.1) is 0 Å². The Balaban J connectivity index is 1.57. The second-order valence-corrected chi connectivity index (χ2v) is 6.77. The normalized spacial score (nSPS) is 23.8. The molecule has 7 heteroatoms. The average Bonchev–Trinajstić information content (AvgIpc) is 2.49. The van der Waals surface area contributed by atoms with E-state index in [4.69, 9.17) is 16.7 Å². The summed E-state index contributed by atoms with van der Waals surface area (Å²) < 4.78 is 0. The summed E-state index contributed by atoms with van der Waals surface area (Å²) in [5.41, 5.74) is 0.984. The Labute approximate surface area is 145 Å². The zero-order chi connectivity index (χ0) is 17.3. The largest absolute Gasteiger partial charge is 0.481 e. The van der Waals surface area contributed by atoms with Gasteiger partial charge in [0, 0.05) is 24.7 Å². The molecule has 2 amide bonds. The third kappa shape index (κ3) is 3.38. The number of benzene rings is 1. The van der Waals surface area contributed by atoms with Crippen LogP contribution in [0.2, 0.25) is 5.02 Å². The van der Waals surface area contributed by atoms with Crippen molar-refractivity contribution in [3.05, 3.63) is 34.9 Å². The lowest BCUT2D eigenvalue weighted by molar-refractivity contribution is -0.159. The van der Waals surface area contributed by atoms with Crippen molar-refractivity contribution in [1.82, 2.24) is 9.80 Å². The number of carbonyl (C=O) groups is 3. The number of carboxylic acid groups (broad SMARTS) is 1. The maximum atomic E-state index is 12.4. The first-order chi connectivity index (χ1) is 11.5. The fourth-order valence-electron chi connectivity index (χ4n) is 3.20. The molecule has 0 spiro atoms. The molecule has 6 nitrogen and oxygen atoms in total. The number of amides is 2. The maximum Gasteiger partial charge on any atom is 0.307 e. The lowest BCUT2D eigenvalue weighted by atomic mass is 9.73. The highest BCUT2D eigenvalue weighted by atomic mass is 35.5. The molecule has 128 valence electrons. The molecule has 2 atom stereocenters. The van der Waals surface area contributed by atoms with Gasteiger partial charge in [0.25, 0.3) is 0 Å². The lowest BCUT2D eigenvalue weighted by Gasteiger charge is -2.40. The van der Waals surface area contributed by atoms with E-state index in [-0.39, 0.29) is 18.4 Å². The molecule has 2 unspecified atom stereocenters. The summed E-state index contributed by atoms with van der Waals surface area (Å²) in [4.78, 5) is 39.0. The number of carboxylic acids is 1. The molecule has 0 bridgehead atoms. The molecular weight excluding hydrogens is 332 g/mol. The smallest absolute Gasteiger partial charge is 0.307 e. The van der Waals surface area contributed by atoms with Crippen LogP contribution in [0, 0.1) is 11.8 Å². The van der Waals surface area contributed by atoms with E-state index in [1.807, 2.05) is 12.1 Å². The molecule has 2 aliphatic rings. The topological polar surface area (TPSA) is 77.9 Å². The Bertz CT molecular complexity index is 661. The van der Waals surface area contributed by atoms with Crippen LogP contribution in [-0.2, 0) is 20.9 Å². The van der Waals surface area contributed by atoms with Gasteiger partial charge in [-0.2, -0.15) is 0 Å². The van der Waals surface area contributed by atoms with E-state index in [9.17, 15) is 14.4 Å². The van der Waals surface area contributed by atoms with Gasteiger partial charge in [-0.25, -0.2) is 0 Å². The Kier molecular flexibility index (Phi) is 4.76. The van der Waals surface area contributed by atoms with E-state index in [0.717, 1.165) is 5.56 Å². The van der Waals surface area contributed by atoms with Gasteiger partial charge in [0.2, 0.25) is 11.8 Å². The van der Waals surface area contributed by atoms with Crippen LogP contribution in [-0.4, -0.2) is 52.3 Å². The minimum atomic E-state index is -0.924. The van der Waals surface area contributed by atoms with Crippen molar-refractivity contribution in [2.24, 2.45) is 11.8 Å². The average molecular weight is 351 g/mol. The zero-order valence-corrected chi connectivity index (χ0v) is 13.9. The maximum absolute atomic E-state index is 12.4. The Hall–Kier alpha value is -2.08. The Morgan fingerprint density at radius 2 is 1.79 bits per heavy atom. The fraction of sp³-hybridized carbons (Fsp3) is 0.471. The number of piperazine rings is 1. The summed E-state index contributed by atoms with van der Waals surface area (Å²) in [5, 5.41) is 9.72. The van der Waals surface area contributed by atoms with Crippen molar-refractivity contribution < 1.29 is 19.5 Å². The first-order valence-corrected chi connectivity index (χ1v) is 8.37. The first-order valence-electron chi connectivity index (χ1n) is 7.99. The molecule has 3 rings (SSSR count). The molecule has 1 aromatic carbocycles. The SMILES string of the molecule is O=C(O)C1CCC1C(=O)N1CCN(Cc2ccc(Cl)cc2)C(=O)C1. The van der Waals surface area contributed by atoms with Gasteiger partial charge < -0.3 is 14.9 Å². The fourth-order valence-corrected chi connectivity index (χ4v) is 3.33. The summed E-state index contributed by atoms with van der Waals surface area (Å²) in [6, 6.07) is 7.31. The molecule has 24 heavy (non-hydrogen) atoms. The lowest BCUT2D eigenvalue weighted by Crippen LogP contribution is -2.55. The molecule has 1 aliphatic heterocycles. The number of hydrogen-bond donors (Lipinski definition) is 1. The molecule has 2 fully saturated rings. The standard InChI is InChI=1S/C17H19ClN2O4/c18-12-3-1-11(2-4-12)9-19-7-8-20(10-15(19)21)16(22)13-5-6-14(13)17(23)24/h1-4,13-14H,5-10H2,(H,23,24). The molecule has 1 aliphatic carbocycles. The summed E-state index contributed by atoms with van der Waals surface area (Å²) in [6.45, 7) is 1.41. The summed E-state index contributed by atoms with van der Waals surface area (Å²) >= 11 is 5.85. The van der Waals surface area contributed by atoms with Crippen molar-refractivity contribution in [3.8, 4) is 0 Å². The van der Waals surface area contributed by atoms with E-state index in [1.165, 1.54) is 4.90 Å². The summed E-state index contributed by atoms with van der Waals surface area (Å²) in [5.74, 6) is -2.31. The van der Waals surface area contributed by atoms with E-state index >= 15 is 0 Å². The van der Waals surface area contributed by atoms with Gasteiger partial charge in [0.1, 0.15) is 0 Å². The van der Waals surface area contributed by atoms with E-state index < -0.39 is 17.8 Å². The molecule has 1 heterocycles. The van der Waals surface area contributed by atoms with Crippen LogP contribution >= 0.6 is 11.6 Å². The van der Waals surface area contributed by atoms with Crippen molar-refractivity contribution in [3.63, 3.8) is 0 Å². The quantitative estimate of drug-likeness (QED) is 0.895. The van der Waals surface area contributed by atoms with Crippen LogP contribution < -0.4 is 0 Å². The van der Waals surface area contributed by atoms with E-state index in [1.54, 1.807) is 17.0 Å². The third-order valence-corrected chi connectivity index (χ3v) is 5.08. The third-order valence-electron chi connectivity index (χ3n) is 4.83. The zero-order valence-electron chi connectivity index (χ0n) is 13.2. The molecule has 0 aromatic heterocycles. The second kappa shape index (κ2) is 6.81. The van der Waals surface area contributed by atoms with Crippen LogP contribution in [0.4, 0.5) is 0 Å². The highest BCUT2D eigenvalue weighted by Gasteiger charge is 2.44. The predicted molar refractivity (Wildman–Crippen MR) is 87.3 cm³/mol. The molecule has 1 saturated heterocycles. The Morgan fingerprint density at radius 3 is 2.33 bits per heavy atom. The van der Waals surface area contributed by atoms with Crippen molar-refractivity contribution in [2.75, 3.05) is 19.6 Å². The number of aliphatic carboxylic acids is 1. The van der Waals surface area contributed by atoms with Gasteiger partial charge >= 0.3 is 5.97 Å². The molecule has 1 aromatic rings. The first kappa shape index (κ1) is 16.8. The summed E-state index contributed by atoms with van der Waals surface area (Å²) in [6.07, 6.45) is 1.13. The molecule has 1 N–H and O–H groups in total. The minimum Gasteiger partial charge on any atom is -0.481 e. The van der Waals surface area contributed by atoms with Gasteiger partial charge in [0.15, 0.2) is 0 Å². The van der Waals surface area contributed by atoms with E-state index in [2.05, 4.69) is 0 Å². The number of hydrogen-bond acceptors (Lipinski definition) is 3. The number of rotatable bonds is 4. The monoisotopic (exact) mass is 350 g/mol. The molecular formula is C17H19ClN2O4. The van der Waals surface area contributed by atoms with Crippen molar-refractivity contribution in [2.45, 2.75) is 19.4 Å². The van der Waals surface area contributed by atoms with Gasteiger partial charge in [0.05, 0.1) is 18.4 Å². The molecule has 0 radical (unpaired) electrons. The second-order valence-electron chi connectivity index (χ2n) is 6.33. The van der Waals surface area contributed by atoms with E-state index in [0.29, 0.717) is 37.5 Å². The van der Waals surface area contributed by atoms with Crippen molar-refractivity contribution in [1.29, 1.82) is 0 Å². The number of carbonyl (C=O) groups excluding carboxylic acids is 2. The van der Waals surface area contributed by atoms with Crippen LogP contribution in [0.5, 0.6) is 0 Å². The van der Waals surface area contributed by atoms with Gasteiger partial charge in [-0.3, -0.25) is 14.4 Å². The predicted octanol–water partition coefficient (Wildman–Crippen LogP) is 1.62. The van der Waals surface area contributed by atoms with Crippen LogP contribution in [0.1, 0.15) is 18.4 Å². The highest BCUT2D eigenvalue weighted by molar-refractivity contribution is 6.30. The van der Waals surface area contributed by atoms with Crippen molar-refractivity contribution >= 4 is 29.4 Å². The summed E-state index contributed by atoms with van der Waals surface area (Å²) in [7, 11) is 0. The number of halogens is 1. The van der Waals surface area contributed by atoms with Gasteiger partial charge in [-0.1, -0.05) is 23.7 Å². The van der Waals surface area contributed by atoms with Crippen LogP contribution in [0.25, 0.3) is 0 Å². The van der Waals surface area contributed by atoms with Crippen LogP contribution in [0.3, 0.4) is 0 Å². The molecule has 1 saturated carbocycles. The van der Waals surface area contributed by atoms with Gasteiger partial charge in [-0.05, 0) is 30.5 Å². The number of nitrogens with zero attached hydrogens (tertiary/aromatic N) is 2.